The van der Waals surface area contributed by atoms with Crippen LogP contribution in [0.3, 0.4) is 0 Å². The van der Waals surface area contributed by atoms with Crippen LogP contribution in [0.4, 0.5) is 0 Å². The number of esters is 1. The van der Waals surface area contributed by atoms with Crippen molar-refractivity contribution in [3.8, 4) is 0 Å². The van der Waals surface area contributed by atoms with Crippen molar-refractivity contribution >= 4 is 21.7 Å². The van der Waals surface area contributed by atoms with Gasteiger partial charge in [-0.1, -0.05) is 12.8 Å². The van der Waals surface area contributed by atoms with E-state index in [4.69, 9.17) is 4.74 Å². The number of nitrogens with one attached hydrogen (secondary N) is 1. The van der Waals surface area contributed by atoms with E-state index >= 15 is 0 Å². The van der Waals surface area contributed by atoms with E-state index in [1.54, 1.807) is 0 Å². The molecular weight excluding hydrogens is 306 g/mol. The second kappa shape index (κ2) is 6.91. The third-order valence-corrected chi connectivity index (χ3v) is 4.70. The van der Waals surface area contributed by atoms with Crippen molar-refractivity contribution in [3.63, 3.8) is 0 Å². The molecule has 0 unspecified atom stereocenters. The van der Waals surface area contributed by atoms with Crippen LogP contribution in [0.2, 0.25) is 0 Å². The molecular formula is C15H19NO5S. The van der Waals surface area contributed by atoms with E-state index in [2.05, 4.69) is 5.32 Å². The molecule has 0 bridgehead atoms. The Balaban J connectivity index is 1.85. The SMILES string of the molecule is CS(=O)(=O)c1ccc(C(=O)OCC(=O)NC2CCCC2)cc1. The predicted molar refractivity (Wildman–Crippen MR) is 80.2 cm³/mol. The quantitative estimate of drug-likeness (QED) is 0.824. The van der Waals surface area contributed by atoms with Crippen molar-refractivity contribution in [2.45, 2.75) is 36.6 Å². The topological polar surface area (TPSA) is 89.5 Å². The largest absolute Gasteiger partial charge is 0.452 e. The highest BCUT2D eigenvalue weighted by molar-refractivity contribution is 7.90. The van der Waals surface area contributed by atoms with Crippen molar-refractivity contribution in [2.24, 2.45) is 0 Å². The lowest BCUT2D eigenvalue weighted by atomic mass is 10.2. The van der Waals surface area contributed by atoms with Crippen LogP contribution in [0, 0.1) is 0 Å². The minimum absolute atomic E-state index is 0.128. The van der Waals surface area contributed by atoms with Gasteiger partial charge in [0.05, 0.1) is 10.5 Å². The van der Waals surface area contributed by atoms with E-state index in [0.29, 0.717) is 0 Å². The number of sulfone groups is 1. The molecule has 1 aromatic rings. The van der Waals surface area contributed by atoms with Crippen LogP contribution in [0.25, 0.3) is 0 Å². The number of hydrogen-bond donors (Lipinski definition) is 1. The first kappa shape index (κ1) is 16.5. The Morgan fingerprint density at radius 1 is 1.18 bits per heavy atom. The van der Waals surface area contributed by atoms with Gasteiger partial charge >= 0.3 is 5.97 Å². The fraction of sp³-hybridized carbons (Fsp3) is 0.467. The summed E-state index contributed by atoms with van der Waals surface area (Å²) in [4.78, 5) is 23.6. The van der Waals surface area contributed by atoms with Gasteiger partial charge in [0.2, 0.25) is 0 Å². The van der Waals surface area contributed by atoms with Gasteiger partial charge in [-0.25, -0.2) is 13.2 Å². The summed E-state index contributed by atoms with van der Waals surface area (Å²) in [6.45, 7) is -0.330. The van der Waals surface area contributed by atoms with Crippen molar-refractivity contribution in [1.29, 1.82) is 0 Å². The Kier molecular flexibility index (Phi) is 5.18. The summed E-state index contributed by atoms with van der Waals surface area (Å²) in [5, 5.41) is 2.82. The van der Waals surface area contributed by atoms with Crippen molar-refractivity contribution in [2.75, 3.05) is 12.9 Å². The molecule has 0 aromatic heterocycles. The molecule has 6 nitrogen and oxygen atoms in total. The molecule has 1 N–H and O–H groups in total. The molecule has 22 heavy (non-hydrogen) atoms. The Morgan fingerprint density at radius 3 is 2.32 bits per heavy atom. The molecule has 0 radical (unpaired) electrons. The van der Waals surface area contributed by atoms with Gasteiger partial charge in [-0.3, -0.25) is 4.79 Å². The first-order valence-corrected chi connectivity index (χ1v) is 9.02. The molecule has 7 heteroatoms. The lowest BCUT2D eigenvalue weighted by molar-refractivity contribution is -0.124. The molecule has 0 atom stereocenters. The van der Waals surface area contributed by atoms with Crippen molar-refractivity contribution < 1.29 is 22.7 Å². The van der Waals surface area contributed by atoms with Gasteiger partial charge in [0.15, 0.2) is 16.4 Å². The zero-order valence-electron chi connectivity index (χ0n) is 12.4. The van der Waals surface area contributed by atoms with Gasteiger partial charge in [0, 0.05) is 12.3 Å². The summed E-state index contributed by atoms with van der Waals surface area (Å²) in [7, 11) is -3.30. The van der Waals surface area contributed by atoms with Crippen molar-refractivity contribution in [1.82, 2.24) is 5.32 Å². The molecule has 0 saturated heterocycles. The smallest absolute Gasteiger partial charge is 0.338 e. The highest BCUT2D eigenvalue weighted by atomic mass is 32.2. The third-order valence-electron chi connectivity index (χ3n) is 3.57. The highest BCUT2D eigenvalue weighted by Crippen LogP contribution is 2.17. The monoisotopic (exact) mass is 325 g/mol. The van der Waals surface area contributed by atoms with Gasteiger partial charge in [-0.05, 0) is 37.1 Å². The summed E-state index contributed by atoms with van der Waals surface area (Å²) in [5.74, 6) is -0.963. The van der Waals surface area contributed by atoms with E-state index in [0.717, 1.165) is 31.9 Å². The maximum atomic E-state index is 11.8. The number of benzene rings is 1. The van der Waals surface area contributed by atoms with Gasteiger partial charge in [-0.2, -0.15) is 0 Å². The maximum Gasteiger partial charge on any atom is 0.338 e. The van der Waals surface area contributed by atoms with Crippen LogP contribution >= 0.6 is 0 Å². The summed E-state index contributed by atoms with van der Waals surface area (Å²) in [6, 6.07) is 5.59. The molecule has 2 rings (SSSR count). The predicted octanol–water partition coefficient (Wildman–Crippen LogP) is 1.31. The summed E-state index contributed by atoms with van der Waals surface area (Å²) >= 11 is 0. The average Bonchev–Trinajstić information content (AvgIpc) is 2.97. The first-order valence-electron chi connectivity index (χ1n) is 7.13. The van der Waals surface area contributed by atoms with Gasteiger partial charge in [0.25, 0.3) is 5.91 Å². The molecule has 1 saturated carbocycles. The molecule has 0 spiro atoms. The molecule has 120 valence electrons. The molecule has 1 amide bonds. The number of carbonyl (C=O) groups excluding carboxylic acids is 2. The van der Waals surface area contributed by atoms with Crippen LogP contribution < -0.4 is 5.32 Å². The zero-order chi connectivity index (χ0) is 16.2. The fourth-order valence-electron chi connectivity index (χ4n) is 2.39. The maximum absolute atomic E-state index is 11.8. The lowest BCUT2D eigenvalue weighted by Crippen LogP contribution is -2.35. The summed E-state index contributed by atoms with van der Waals surface area (Å²) in [6.07, 6.45) is 5.24. The average molecular weight is 325 g/mol. The van der Waals surface area contributed by atoms with Crippen molar-refractivity contribution in [3.05, 3.63) is 29.8 Å². The Bertz CT molecular complexity index is 645. The Morgan fingerprint density at radius 2 is 1.77 bits per heavy atom. The normalized spacial score (nSPS) is 15.5. The summed E-state index contributed by atoms with van der Waals surface area (Å²) in [5.41, 5.74) is 0.209. The fourth-order valence-corrected chi connectivity index (χ4v) is 3.02. The number of ether oxygens (including phenoxy) is 1. The molecule has 1 aliphatic carbocycles. The van der Waals surface area contributed by atoms with Crippen LogP contribution in [0.1, 0.15) is 36.0 Å². The van der Waals surface area contributed by atoms with E-state index in [-0.39, 0.29) is 29.0 Å². The van der Waals surface area contributed by atoms with E-state index in [1.165, 1.54) is 24.3 Å². The van der Waals surface area contributed by atoms with Crippen LogP contribution in [-0.2, 0) is 19.4 Å². The highest BCUT2D eigenvalue weighted by Gasteiger charge is 2.18. The van der Waals surface area contributed by atoms with Gasteiger partial charge < -0.3 is 10.1 Å². The summed E-state index contributed by atoms with van der Waals surface area (Å²) < 4.78 is 27.6. The second-order valence-electron chi connectivity index (χ2n) is 5.42. The van der Waals surface area contributed by atoms with Gasteiger partial charge in [0.1, 0.15) is 0 Å². The van der Waals surface area contributed by atoms with E-state index < -0.39 is 15.8 Å². The second-order valence-corrected chi connectivity index (χ2v) is 7.44. The van der Waals surface area contributed by atoms with E-state index in [9.17, 15) is 18.0 Å². The van der Waals surface area contributed by atoms with Crippen LogP contribution in [-0.4, -0.2) is 39.2 Å². The zero-order valence-corrected chi connectivity index (χ0v) is 13.2. The Hall–Kier alpha value is -1.89. The van der Waals surface area contributed by atoms with Crippen LogP contribution in [0.15, 0.2) is 29.2 Å². The van der Waals surface area contributed by atoms with E-state index in [1.807, 2.05) is 0 Å². The molecule has 1 fully saturated rings. The Labute approximate surface area is 129 Å². The molecule has 1 aliphatic rings. The minimum Gasteiger partial charge on any atom is -0.452 e. The standard InChI is InChI=1S/C15H19NO5S/c1-22(19,20)13-8-6-11(7-9-13)15(18)21-10-14(17)16-12-4-2-3-5-12/h6-9,12H,2-5,10H2,1H3,(H,16,17). The minimum atomic E-state index is -3.30. The first-order chi connectivity index (χ1) is 10.4. The third kappa shape index (κ3) is 4.56. The molecule has 0 heterocycles. The molecule has 0 aliphatic heterocycles. The number of rotatable bonds is 5. The van der Waals surface area contributed by atoms with Gasteiger partial charge in [-0.15, -0.1) is 0 Å². The number of hydrogen-bond acceptors (Lipinski definition) is 5. The number of amides is 1. The number of carbonyl (C=O) groups is 2. The lowest BCUT2D eigenvalue weighted by Gasteiger charge is -2.12. The van der Waals surface area contributed by atoms with Crippen LogP contribution in [0.5, 0.6) is 0 Å². The molecule has 1 aromatic carbocycles.